The Morgan fingerprint density at radius 1 is 1.10 bits per heavy atom. The van der Waals surface area contributed by atoms with Gasteiger partial charge in [0.2, 0.25) is 5.91 Å². The van der Waals surface area contributed by atoms with E-state index in [0.29, 0.717) is 31.3 Å². The predicted molar refractivity (Wildman–Crippen MR) is 115 cm³/mol. The van der Waals surface area contributed by atoms with Crippen molar-refractivity contribution in [3.05, 3.63) is 66.2 Å². The molecule has 0 unspecified atom stereocenters. The summed E-state index contributed by atoms with van der Waals surface area (Å²) in [5.41, 5.74) is 3.02. The molecule has 2 aromatic carbocycles. The topological polar surface area (TPSA) is 64.4 Å². The van der Waals surface area contributed by atoms with Crippen molar-refractivity contribution < 1.29 is 13.9 Å². The largest absolute Gasteiger partial charge is 0.494 e. The van der Waals surface area contributed by atoms with Gasteiger partial charge in [0.05, 0.1) is 12.8 Å². The molecule has 1 amide bonds. The van der Waals surface area contributed by atoms with Crippen molar-refractivity contribution in [2.24, 2.45) is 0 Å². The monoisotopic (exact) mass is 392 g/mol. The number of carbonyl (C=O) groups is 1. The third kappa shape index (κ3) is 5.95. The number of rotatable bonds is 9. The van der Waals surface area contributed by atoms with Crippen LogP contribution in [0.5, 0.6) is 5.75 Å². The van der Waals surface area contributed by atoms with Crippen LogP contribution in [0.15, 0.2) is 59.1 Å². The van der Waals surface area contributed by atoms with Gasteiger partial charge < -0.3 is 14.5 Å². The smallest absolute Gasteiger partial charge is 0.224 e. The van der Waals surface area contributed by atoms with Gasteiger partial charge in [-0.15, -0.1) is 0 Å². The first-order valence-electron chi connectivity index (χ1n) is 10.1. The maximum Gasteiger partial charge on any atom is 0.224 e. The van der Waals surface area contributed by atoms with E-state index in [1.54, 1.807) is 6.20 Å². The summed E-state index contributed by atoms with van der Waals surface area (Å²) in [5, 5.41) is 2.89. The lowest BCUT2D eigenvalue weighted by Crippen LogP contribution is -2.12. The van der Waals surface area contributed by atoms with Crippen LogP contribution in [0.2, 0.25) is 0 Å². The number of oxazole rings is 1. The van der Waals surface area contributed by atoms with E-state index >= 15 is 0 Å². The number of carbonyl (C=O) groups excluding carboxylic acids is 1. The van der Waals surface area contributed by atoms with E-state index < -0.39 is 0 Å². The van der Waals surface area contributed by atoms with Gasteiger partial charge in [0, 0.05) is 24.1 Å². The van der Waals surface area contributed by atoms with E-state index in [9.17, 15) is 4.79 Å². The fourth-order valence-electron chi connectivity index (χ4n) is 2.89. The minimum absolute atomic E-state index is 0.0757. The van der Waals surface area contributed by atoms with Crippen molar-refractivity contribution >= 4 is 11.6 Å². The van der Waals surface area contributed by atoms with Crippen LogP contribution in [-0.4, -0.2) is 17.5 Å². The van der Waals surface area contributed by atoms with Crippen LogP contribution in [0.4, 0.5) is 5.69 Å². The van der Waals surface area contributed by atoms with E-state index in [2.05, 4.69) is 43.2 Å². The van der Waals surface area contributed by atoms with Gasteiger partial charge in [-0.2, -0.15) is 0 Å². The third-order valence-electron chi connectivity index (χ3n) is 4.59. The highest BCUT2D eigenvalue weighted by molar-refractivity contribution is 5.90. The highest BCUT2D eigenvalue weighted by Gasteiger charge is 2.10. The second kappa shape index (κ2) is 9.92. The molecular weight excluding hydrogens is 364 g/mol. The highest BCUT2D eigenvalue weighted by Crippen LogP contribution is 2.24. The van der Waals surface area contributed by atoms with E-state index in [1.807, 2.05) is 36.4 Å². The maximum absolute atomic E-state index is 12.2. The number of benzene rings is 2. The minimum Gasteiger partial charge on any atom is -0.494 e. The molecule has 0 saturated heterocycles. The predicted octanol–water partition coefficient (Wildman–Crippen LogP) is 5.83. The van der Waals surface area contributed by atoms with Gasteiger partial charge in [0.15, 0.2) is 11.7 Å². The SMILES string of the molecule is CCCOc1ccc(NC(=O)CCc2ncc(-c3ccc(C(C)C)cc3)o2)cc1. The summed E-state index contributed by atoms with van der Waals surface area (Å²) >= 11 is 0. The Morgan fingerprint density at radius 2 is 1.83 bits per heavy atom. The Balaban J connectivity index is 1.50. The molecule has 3 rings (SSSR count). The van der Waals surface area contributed by atoms with Crippen molar-refractivity contribution in [3.8, 4) is 17.1 Å². The zero-order valence-corrected chi connectivity index (χ0v) is 17.3. The third-order valence-corrected chi connectivity index (χ3v) is 4.59. The van der Waals surface area contributed by atoms with Gasteiger partial charge in [0.25, 0.3) is 0 Å². The number of aryl methyl sites for hydroxylation is 1. The van der Waals surface area contributed by atoms with Crippen molar-refractivity contribution in [1.29, 1.82) is 0 Å². The molecule has 1 N–H and O–H groups in total. The summed E-state index contributed by atoms with van der Waals surface area (Å²) in [6, 6.07) is 15.7. The van der Waals surface area contributed by atoms with E-state index in [1.165, 1.54) is 5.56 Å². The molecule has 5 nitrogen and oxygen atoms in total. The lowest BCUT2D eigenvalue weighted by molar-refractivity contribution is -0.116. The number of aromatic nitrogens is 1. The fourth-order valence-corrected chi connectivity index (χ4v) is 2.89. The number of nitrogens with zero attached hydrogens (tertiary/aromatic N) is 1. The van der Waals surface area contributed by atoms with Crippen molar-refractivity contribution in [3.63, 3.8) is 0 Å². The van der Waals surface area contributed by atoms with Crippen LogP contribution < -0.4 is 10.1 Å². The minimum atomic E-state index is -0.0757. The van der Waals surface area contributed by atoms with Crippen LogP contribution in [0.3, 0.4) is 0 Å². The summed E-state index contributed by atoms with van der Waals surface area (Å²) in [6.45, 7) is 7.09. The Kier molecular flexibility index (Phi) is 7.06. The average Bonchev–Trinajstić information content (AvgIpc) is 3.21. The van der Waals surface area contributed by atoms with Crippen LogP contribution >= 0.6 is 0 Å². The maximum atomic E-state index is 12.2. The molecule has 29 heavy (non-hydrogen) atoms. The van der Waals surface area contributed by atoms with Crippen LogP contribution in [0.25, 0.3) is 11.3 Å². The number of hydrogen-bond acceptors (Lipinski definition) is 4. The van der Waals surface area contributed by atoms with Gasteiger partial charge in [-0.25, -0.2) is 4.98 Å². The molecule has 3 aromatic rings. The van der Waals surface area contributed by atoms with Crippen molar-refractivity contribution in [2.45, 2.75) is 46.0 Å². The summed E-state index contributed by atoms with van der Waals surface area (Å²) in [4.78, 5) is 16.5. The van der Waals surface area contributed by atoms with E-state index in [-0.39, 0.29) is 5.91 Å². The molecule has 0 radical (unpaired) electrons. The normalized spacial score (nSPS) is 10.9. The van der Waals surface area contributed by atoms with Crippen molar-refractivity contribution in [1.82, 2.24) is 4.98 Å². The van der Waals surface area contributed by atoms with Gasteiger partial charge in [-0.3, -0.25) is 4.79 Å². The number of hydrogen-bond donors (Lipinski definition) is 1. The first-order valence-corrected chi connectivity index (χ1v) is 10.1. The molecular formula is C24H28N2O3. The standard InChI is InChI=1S/C24H28N2O3/c1-4-15-28-21-11-9-20(10-12-21)26-23(27)13-14-24-25-16-22(29-24)19-7-5-18(6-8-19)17(2)3/h5-12,16-17H,4,13-15H2,1-3H3,(H,26,27). The van der Waals surface area contributed by atoms with Gasteiger partial charge in [-0.05, 0) is 42.2 Å². The molecule has 1 heterocycles. The Hall–Kier alpha value is -3.08. The first kappa shape index (κ1) is 20.6. The summed E-state index contributed by atoms with van der Waals surface area (Å²) in [5.74, 6) is 2.50. The molecule has 152 valence electrons. The Labute approximate surface area is 172 Å². The molecule has 0 atom stereocenters. The Bertz CT molecular complexity index is 912. The van der Waals surface area contributed by atoms with Crippen LogP contribution in [0, 0.1) is 0 Å². The molecule has 0 aliphatic rings. The van der Waals surface area contributed by atoms with E-state index in [0.717, 1.165) is 29.2 Å². The lowest BCUT2D eigenvalue weighted by atomic mass is 10.0. The van der Waals surface area contributed by atoms with E-state index in [4.69, 9.17) is 9.15 Å². The van der Waals surface area contributed by atoms with Crippen LogP contribution in [-0.2, 0) is 11.2 Å². The second-order valence-corrected chi connectivity index (χ2v) is 7.32. The van der Waals surface area contributed by atoms with Gasteiger partial charge in [-0.1, -0.05) is 45.0 Å². The Morgan fingerprint density at radius 3 is 2.48 bits per heavy atom. The zero-order chi connectivity index (χ0) is 20.6. The molecule has 0 fully saturated rings. The quantitative estimate of drug-likeness (QED) is 0.498. The number of amides is 1. The summed E-state index contributed by atoms with van der Waals surface area (Å²) < 4.78 is 11.4. The molecule has 0 bridgehead atoms. The van der Waals surface area contributed by atoms with Crippen molar-refractivity contribution in [2.75, 3.05) is 11.9 Å². The number of ether oxygens (including phenoxy) is 1. The lowest BCUT2D eigenvalue weighted by Gasteiger charge is -2.07. The molecule has 0 aliphatic heterocycles. The molecule has 5 heteroatoms. The zero-order valence-electron chi connectivity index (χ0n) is 17.3. The number of nitrogens with one attached hydrogen (secondary N) is 1. The highest BCUT2D eigenvalue weighted by atomic mass is 16.5. The van der Waals surface area contributed by atoms with Crippen LogP contribution in [0.1, 0.15) is 51.0 Å². The van der Waals surface area contributed by atoms with Gasteiger partial charge >= 0.3 is 0 Å². The molecule has 1 aromatic heterocycles. The van der Waals surface area contributed by atoms with Gasteiger partial charge in [0.1, 0.15) is 5.75 Å². The fraction of sp³-hybridized carbons (Fsp3) is 0.333. The average molecular weight is 392 g/mol. The molecule has 0 saturated carbocycles. The summed E-state index contributed by atoms with van der Waals surface area (Å²) in [6.07, 6.45) is 3.44. The first-order chi connectivity index (χ1) is 14.0. The second-order valence-electron chi connectivity index (χ2n) is 7.32. The summed E-state index contributed by atoms with van der Waals surface area (Å²) in [7, 11) is 0. The molecule has 0 aliphatic carbocycles. The number of anilines is 1. The molecule has 0 spiro atoms.